The molecular formula is C12H14O2. The van der Waals surface area contributed by atoms with Crippen LogP contribution in [0.25, 0.3) is 6.08 Å². The second-order valence-electron chi connectivity index (χ2n) is 3.25. The molecule has 1 N–H and O–H groups in total. The Morgan fingerprint density at radius 1 is 1.50 bits per heavy atom. The number of aryl methyl sites for hydroxylation is 1. The number of aliphatic carboxylic acids is 1. The predicted octanol–water partition coefficient (Wildman–Crippen LogP) is 2.87. The van der Waals surface area contributed by atoms with Crippen LogP contribution in [0.4, 0.5) is 0 Å². The Hall–Kier alpha value is -1.57. The van der Waals surface area contributed by atoms with Crippen molar-refractivity contribution in [3.05, 3.63) is 41.5 Å². The summed E-state index contributed by atoms with van der Waals surface area (Å²) in [6.45, 7) is 2.04. The molecule has 0 radical (unpaired) electrons. The van der Waals surface area contributed by atoms with Crippen molar-refractivity contribution in [3.63, 3.8) is 0 Å². The molecule has 0 bridgehead atoms. The van der Waals surface area contributed by atoms with Crippen molar-refractivity contribution in [2.75, 3.05) is 0 Å². The van der Waals surface area contributed by atoms with Crippen LogP contribution in [0.1, 0.15) is 24.0 Å². The Labute approximate surface area is 83.9 Å². The van der Waals surface area contributed by atoms with E-state index in [2.05, 4.69) is 6.07 Å². The predicted molar refractivity (Wildman–Crippen MR) is 57.1 cm³/mol. The molecular weight excluding hydrogens is 176 g/mol. The lowest BCUT2D eigenvalue weighted by atomic mass is 10.1. The SMILES string of the molecule is Cc1cccc(/C=C\CCC(=O)O)c1. The van der Waals surface area contributed by atoms with Gasteiger partial charge < -0.3 is 5.11 Å². The van der Waals surface area contributed by atoms with Crippen molar-refractivity contribution in [1.29, 1.82) is 0 Å². The second kappa shape index (κ2) is 5.22. The number of rotatable bonds is 4. The molecule has 0 aromatic heterocycles. The highest BCUT2D eigenvalue weighted by Gasteiger charge is 1.92. The largest absolute Gasteiger partial charge is 0.481 e. The minimum atomic E-state index is -0.751. The van der Waals surface area contributed by atoms with Crippen LogP contribution in [0.2, 0.25) is 0 Å². The van der Waals surface area contributed by atoms with E-state index in [4.69, 9.17) is 5.11 Å². The van der Waals surface area contributed by atoms with Crippen molar-refractivity contribution in [2.45, 2.75) is 19.8 Å². The monoisotopic (exact) mass is 190 g/mol. The summed E-state index contributed by atoms with van der Waals surface area (Å²) in [7, 11) is 0. The van der Waals surface area contributed by atoms with Gasteiger partial charge in [-0.15, -0.1) is 0 Å². The zero-order valence-corrected chi connectivity index (χ0v) is 8.23. The zero-order valence-electron chi connectivity index (χ0n) is 8.23. The molecule has 0 amide bonds. The van der Waals surface area contributed by atoms with E-state index >= 15 is 0 Å². The summed E-state index contributed by atoms with van der Waals surface area (Å²) in [6, 6.07) is 8.10. The fourth-order valence-electron chi connectivity index (χ4n) is 1.20. The lowest BCUT2D eigenvalue weighted by molar-refractivity contribution is -0.136. The number of hydrogen-bond acceptors (Lipinski definition) is 1. The van der Waals surface area contributed by atoms with Crippen molar-refractivity contribution >= 4 is 12.0 Å². The lowest BCUT2D eigenvalue weighted by Crippen LogP contribution is -1.91. The van der Waals surface area contributed by atoms with E-state index in [-0.39, 0.29) is 6.42 Å². The molecule has 0 aliphatic carbocycles. The summed E-state index contributed by atoms with van der Waals surface area (Å²) in [4.78, 5) is 10.2. The van der Waals surface area contributed by atoms with E-state index in [1.165, 1.54) is 5.56 Å². The molecule has 74 valence electrons. The van der Waals surface area contributed by atoms with E-state index < -0.39 is 5.97 Å². The average molecular weight is 190 g/mol. The van der Waals surface area contributed by atoms with Crippen LogP contribution in [0.5, 0.6) is 0 Å². The molecule has 2 heteroatoms. The first-order chi connectivity index (χ1) is 6.68. The topological polar surface area (TPSA) is 37.3 Å². The maximum atomic E-state index is 10.2. The first-order valence-electron chi connectivity index (χ1n) is 4.63. The molecule has 2 nitrogen and oxygen atoms in total. The summed E-state index contributed by atoms with van der Waals surface area (Å²) in [5.41, 5.74) is 2.33. The third kappa shape index (κ3) is 3.90. The standard InChI is InChI=1S/C12H14O2/c1-10-5-4-7-11(9-10)6-2-3-8-12(13)14/h2,4-7,9H,3,8H2,1H3,(H,13,14)/b6-2-. The lowest BCUT2D eigenvalue weighted by Gasteiger charge is -1.94. The van der Waals surface area contributed by atoms with Gasteiger partial charge in [0.2, 0.25) is 0 Å². The van der Waals surface area contributed by atoms with Gasteiger partial charge in [-0.2, -0.15) is 0 Å². The normalized spacial score (nSPS) is 10.6. The average Bonchev–Trinajstić information content (AvgIpc) is 2.12. The maximum Gasteiger partial charge on any atom is 0.303 e. The van der Waals surface area contributed by atoms with Gasteiger partial charge in [0, 0.05) is 6.42 Å². The zero-order chi connectivity index (χ0) is 10.4. The Balaban J connectivity index is 2.47. The number of benzene rings is 1. The molecule has 0 heterocycles. The van der Waals surface area contributed by atoms with Crippen LogP contribution in [0, 0.1) is 6.92 Å². The summed E-state index contributed by atoms with van der Waals surface area (Å²) >= 11 is 0. The second-order valence-corrected chi connectivity index (χ2v) is 3.25. The van der Waals surface area contributed by atoms with Gasteiger partial charge in [0.15, 0.2) is 0 Å². The Morgan fingerprint density at radius 2 is 2.29 bits per heavy atom. The molecule has 14 heavy (non-hydrogen) atoms. The van der Waals surface area contributed by atoms with Crippen LogP contribution in [-0.2, 0) is 4.79 Å². The van der Waals surface area contributed by atoms with Gasteiger partial charge in [0.25, 0.3) is 0 Å². The number of carboxylic acid groups (broad SMARTS) is 1. The molecule has 1 aromatic rings. The first-order valence-corrected chi connectivity index (χ1v) is 4.63. The van der Waals surface area contributed by atoms with E-state index in [9.17, 15) is 4.79 Å². The van der Waals surface area contributed by atoms with Crippen LogP contribution < -0.4 is 0 Å². The smallest absolute Gasteiger partial charge is 0.303 e. The van der Waals surface area contributed by atoms with Crippen LogP contribution in [0.15, 0.2) is 30.3 Å². The van der Waals surface area contributed by atoms with Crippen LogP contribution in [0.3, 0.4) is 0 Å². The minimum Gasteiger partial charge on any atom is -0.481 e. The molecule has 0 atom stereocenters. The van der Waals surface area contributed by atoms with Gasteiger partial charge >= 0.3 is 5.97 Å². The maximum absolute atomic E-state index is 10.2. The Kier molecular flexibility index (Phi) is 3.92. The quantitative estimate of drug-likeness (QED) is 0.792. The molecule has 0 saturated heterocycles. The highest BCUT2D eigenvalue weighted by molar-refractivity contribution is 5.67. The van der Waals surface area contributed by atoms with Crippen molar-refractivity contribution < 1.29 is 9.90 Å². The number of carbonyl (C=O) groups is 1. The van der Waals surface area contributed by atoms with Gasteiger partial charge in [-0.3, -0.25) is 4.79 Å². The van der Waals surface area contributed by atoms with Crippen molar-refractivity contribution in [1.82, 2.24) is 0 Å². The van der Waals surface area contributed by atoms with Gasteiger partial charge in [-0.05, 0) is 18.9 Å². The third-order valence-electron chi connectivity index (χ3n) is 1.88. The van der Waals surface area contributed by atoms with Gasteiger partial charge in [-0.25, -0.2) is 0 Å². The summed E-state index contributed by atoms with van der Waals surface area (Å²) in [5, 5.41) is 8.42. The van der Waals surface area contributed by atoms with E-state index in [0.717, 1.165) is 5.56 Å². The van der Waals surface area contributed by atoms with Crippen LogP contribution in [-0.4, -0.2) is 11.1 Å². The fourth-order valence-corrected chi connectivity index (χ4v) is 1.20. The molecule has 0 saturated carbocycles. The summed E-state index contributed by atoms with van der Waals surface area (Å²) < 4.78 is 0. The molecule has 0 unspecified atom stereocenters. The molecule has 0 spiro atoms. The van der Waals surface area contributed by atoms with Gasteiger partial charge in [0.1, 0.15) is 0 Å². The highest BCUT2D eigenvalue weighted by Crippen LogP contribution is 2.06. The number of carboxylic acids is 1. The first kappa shape index (κ1) is 10.5. The van der Waals surface area contributed by atoms with Crippen molar-refractivity contribution in [3.8, 4) is 0 Å². The molecule has 1 aromatic carbocycles. The fraction of sp³-hybridized carbons (Fsp3) is 0.250. The highest BCUT2D eigenvalue weighted by atomic mass is 16.4. The number of allylic oxidation sites excluding steroid dienone is 1. The van der Waals surface area contributed by atoms with E-state index in [0.29, 0.717) is 6.42 Å². The molecule has 0 aliphatic rings. The number of hydrogen-bond donors (Lipinski definition) is 1. The third-order valence-corrected chi connectivity index (χ3v) is 1.88. The molecule has 0 fully saturated rings. The molecule has 0 aliphatic heterocycles. The summed E-state index contributed by atoms with van der Waals surface area (Å²) in [5.74, 6) is -0.751. The minimum absolute atomic E-state index is 0.197. The van der Waals surface area contributed by atoms with Crippen molar-refractivity contribution in [2.24, 2.45) is 0 Å². The summed E-state index contributed by atoms with van der Waals surface area (Å²) in [6.07, 6.45) is 4.63. The van der Waals surface area contributed by atoms with Gasteiger partial charge in [-0.1, -0.05) is 42.0 Å². The van der Waals surface area contributed by atoms with E-state index in [1.54, 1.807) is 0 Å². The molecule has 1 rings (SSSR count). The van der Waals surface area contributed by atoms with Crippen LogP contribution >= 0.6 is 0 Å². The Bertz CT molecular complexity index is 340. The van der Waals surface area contributed by atoms with Gasteiger partial charge in [0.05, 0.1) is 0 Å². The van der Waals surface area contributed by atoms with E-state index in [1.807, 2.05) is 37.3 Å². The Morgan fingerprint density at radius 3 is 2.93 bits per heavy atom.